The van der Waals surface area contributed by atoms with Crippen molar-refractivity contribution in [3.05, 3.63) is 54.1 Å². The number of amides is 2. The number of aliphatic carboxylic acids is 1. The Kier molecular flexibility index (Phi) is 4.19. The predicted molar refractivity (Wildman–Crippen MR) is 103 cm³/mol. The highest BCUT2D eigenvalue weighted by atomic mass is 32.2. The molecule has 2 aliphatic rings. The van der Waals surface area contributed by atoms with Crippen molar-refractivity contribution >= 4 is 40.9 Å². The molecular weight excluding hydrogens is 364 g/mol. The van der Waals surface area contributed by atoms with Crippen molar-refractivity contribution in [2.45, 2.75) is 35.4 Å². The number of carbonyl (C=O) groups excluding carboxylic acids is 2. The molecule has 2 N–H and O–H groups in total. The summed E-state index contributed by atoms with van der Waals surface area (Å²) in [6, 6.07) is 14.3. The molecule has 7 heteroatoms. The van der Waals surface area contributed by atoms with E-state index in [1.54, 1.807) is 36.1 Å². The molecule has 0 aliphatic carbocycles. The maximum absolute atomic E-state index is 13.1. The standard InChI is InChI=1S/C20H18N2O4S/c1-12(18(24)25)13-6-8-14(9-7-13)21-19(26)20-11-10-17(23)22(20)15-4-2-3-5-16(15)27-20/h2-9,12H,10-11H2,1H3,(H,21,26)(H,24,25). The van der Waals surface area contributed by atoms with E-state index in [4.69, 9.17) is 5.11 Å². The van der Waals surface area contributed by atoms with Gasteiger partial charge in [-0.15, -0.1) is 0 Å². The van der Waals surface area contributed by atoms with Gasteiger partial charge in [-0.05, 0) is 43.2 Å². The van der Waals surface area contributed by atoms with Crippen LogP contribution in [0.2, 0.25) is 0 Å². The van der Waals surface area contributed by atoms with E-state index in [9.17, 15) is 14.4 Å². The highest BCUT2D eigenvalue weighted by Crippen LogP contribution is 2.56. The second kappa shape index (κ2) is 6.42. The second-order valence-corrected chi connectivity index (χ2v) is 8.04. The smallest absolute Gasteiger partial charge is 0.310 e. The van der Waals surface area contributed by atoms with E-state index in [0.717, 1.165) is 10.6 Å². The Bertz CT molecular complexity index is 943. The Morgan fingerprint density at radius 2 is 1.89 bits per heavy atom. The summed E-state index contributed by atoms with van der Waals surface area (Å²) in [6.45, 7) is 1.61. The van der Waals surface area contributed by atoms with Crippen molar-refractivity contribution in [1.29, 1.82) is 0 Å². The number of nitrogens with one attached hydrogen (secondary N) is 1. The van der Waals surface area contributed by atoms with E-state index in [1.807, 2.05) is 24.3 Å². The van der Waals surface area contributed by atoms with E-state index in [1.165, 1.54) is 11.8 Å². The van der Waals surface area contributed by atoms with Crippen LogP contribution in [0.1, 0.15) is 31.2 Å². The third kappa shape index (κ3) is 2.78. The quantitative estimate of drug-likeness (QED) is 0.846. The van der Waals surface area contributed by atoms with Crippen LogP contribution >= 0.6 is 11.8 Å². The first-order chi connectivity index (χ1) is 12.9. The SMILES string of the molecule is CC(C(=O)O)c1ccc(NC(=O)C23CCC(=O)N2c2ccccc2S3)cc1. The van der Waals surface area contributed by atoms with Gasteiger partial charge in [0.25, 0.3) is 5.91 Å². The molecule has 0 aromatic heterocycles. The number of benzene rings is 2. The van der Waals surface area contributed by atoms with Gasteiger partial charge in [0.05, 0.1) is 11.6 Å². The lowest BCUT2D eigenvalue weighted by Gasteiger charge is -2.29. The van der Waals surface area contributed by atoms with Gasteiger partial charge in [-0.2, -0.15) is 0 Å². The fourth-order valence-corrected chi connectivity index (χ4v) is 4.94. The average Bonchev–Trinajstić information content (AvgIpc) is 3.17. The molecule has 138 valence electrons. The highest BCUT2D eigenvalue weighted by molar-refractivity contribution is 8.02. The molecule has 6 nitrogen and oxygen atoms in total. The third-order valence-corrected chi connectivity index (χ3v) is 6.54. The molecular formula is C20H18N2O4S. The van der Waals surface area contributed by atoms with Crippen molar-refractivity contribution in [2.24, 2.45) is 0 Å². The molecule has 1 fully saturated rings. The minimum absolute atomic E-state index is 0.0479. The number of carbonyl (C=O) groups is 3. The fourth-order valence-electron chi connectivity index (χ4n) is 3.52. The summed E-state index contributed by atoms with van der Waals surface area (Å²) in [5.41, 5.74) is 2.02. The number of hydrogen-bond donors (Lipinski definition) is 2. The Morgan fingerprint density at radius 1 is 1.19 bits per heavy atom. The Hall–Kier alpha value is -2.80. The fraction of sp³-hybridized carbons (Fsp3) is 0.250. The first-order valence-electron chi connectivity index (χ1n) is 8.68. The first-order valence-corrected chi connectivity index (χ1v) is 9.49. The lowest BCUT2D eigenvalue weighted by atomic mass is 10.0. The van der Waals surface area contributed by atoms with E-state index in [-0.39, 0.29) is 11.8 Å². The molecule has 2 heterocycles. The van der Waals surface area contributed by atoms with Gasteiger partial charge in [-0.1, -0.05) is 36.0 Å². The molecule has 2 atom stereocenters. The molecule has 2 aliphatic heterocycles. The van der Waals surface area contributed by atoms with Crippen molar-refractivity contribution < 1.29 is 19.5 Å². The Labute approximate surface area is 160 Å². The van der Waals surface area contributed by atoms with Gasteiger partial charge < -0.3 is 10.4 Å². The Balaban J connectivity index is 1.58. The number of thioether (sulfide) groups is 1. The average molecular weight is 382 g/mol. The summed E-state index contributed by atoms with van der Waals surface area (Å²) in [5, 5.41) is 12.0. The molecule has 0 bridgehead atoms. The number of anilines is 2. The number of carboxylic acids is 1. The van der Waals surface area contributed by atoms with Crippen LogP contribution in [-0.4, -0.2) is 27.8 Å². The lowest BCUT2D eigenvalue weighted by molar-refractivity contribution is -0.138. The van der Waals surface area contributed by atoms with E-state index in [2.05, 4.69) is 5.32 Å². The monoisotopic (exact) mass is 382 g/mol. The summed E-state index contributed by atoms with van der Waals surface area (Å²) in [6.07, 6.45) is 0.787. The van der Waals surface area contributed by atoms with Crippen molar-refractivity contribution in [3.8, 4) is 0 Å². The molecule has 27 heavy (non-hydrogen) atoms. The molecule has 2 aromatic rings. The number of fused-ring (bicyclic) bond motifs is 3. The van der Waals surface area contributed by atoms with Crippen LogP contribution in [0.5, 0.6) is 0 Å². The molecule has 2 aromatic carbocycles. The minimum atomic E-state index is -0.964. The van der Waals surface area contributed by atoms with Gasteiger partial charge >= 0.3 is 5.97 Å². The van der Waals surface area contributed by atoms with Gasteiger partial charge in [0, 0.05) is 17.0 Å². The summed E-state index contributed by atoms with van der Waals surface area (Å²) in [5.74, 6) is -1.80. The van der Waals surface area contributed by atoms with E-state index in [0.29, 0.717) is 24.1 Å². The van der Waals surface area contributed by atoms with Crippen LogP contribution in [-0.2, 0) is 14.4 Å². The van der Waals surface area contributed by atoms with Crippen LogP contribution < -0.4 is 10.2 Å². The second-order valence-electron chi connectivity index (χ2n) is 6.72. The number of para-hydroxylation sites is 1. The summed E-state index contributed by atoms with van der Waals surface area (Å²) in [7, 11) is 0. The van der Waals surface area contributed by atoms with Gasteiger partial charge in [-0.25, -0.2) is 0 Å². The first kappa shape index (κ1) is 17.6. The number of hydrogen-bond acceptors (Lipinski definition) is 4. The molecule has 0 spiro atoms. The van der Waals surface area contributed by atoms with Gasteiger partial charge in [0.15, 0.2) is 4.87 Å². The maximum atomic E-state index is 13.1. The zero-order valence-electron chi connectivity index (χ0n) is 14.6. The Morgan fingerprint density at radius 3 is 2.59 bits per heavy atom. The van der Waals surface area contributed by atoms with Crippen molar-refractivity contribution in [3.63, 3.8) is 0 Å². The molecule has 0 saturated carbocycles. The maximum Gasteiger partial charge on any atom is 0.310 e. The summed E-state index contributed by atoms with van der Waals surface area (Å²) >= 11 is 1.41. The number of rotatable bonds is 4. The topological polar surface area (TPSA) is 86.7 Å². The van der Waals surface area contributed by atoms with E-state index < -0.39 is 16.8 Å². The molecule has 2 unspecified atom stereocenters. The van der Waals surface area contributed by atoms with Crippen LogP contribution in [0.25, 0.3) is 0 Å². The molecule has 4 rings (SSSR count). The molecule has 0 radical (unpaired) electrons. The largest absolute Gasteiger partial charge is 0.481 e. The summed E-state index contributed by atoms with van der Waals surface area (Å²) < 4.78 is 0. The van der Waals surface area contributed by atoms with Crippen LogP contribution in [0.15, 0.2) is 53.4 Å². The number of carboxylic acid groups (broad SMARTS) is 1. The predicted octanol–water partition coefficient (Wildman–Crippen LogP) is 3.44. The van der Waals surface area contributed by atoms with Gasteiger partial charge in [-0.3, -0.25) is 19.3 Å². The normalized spacial score (nSPS) is 21.5. The zero-order chi connectivity index (χ0) is 19.2. The van der Waals surface area contributed by atoms with Gasteiger partial charge in [0.2, 0.25) is 5.91 Å². The highest BCUT2D eigenvalue weighted by Gasteiger charge is 2.57. The van der Waals surface area contributed by atoms with Crippen LogP contribution in [0.3, 0.4) is 0 Å². The van der Waals surface area contributed by atoms with Crippen LogP contribution in [0.4, 0.5) is 11.4 Å². The number of nitrogens with zero attached hydrogens (tertiary/aromatic N) is 1. The lowest BCUT2D eigenvalue weighted by Crippen LogP contribution is -2.49. The van der Waals surface area contributed by atoms with E-state index >= 15 is 0 Å². The third-order valence-electron chi connectivity index (χ3n) is 5.07. The minimum Gasteiger partial charge on any atom is -0.481 e. The van der Waals surface area contributed by atoms with Crippen molar-refractivity contribution in [1.82, 2.24) is 0 Å². The van der Waals surface area contributed by atoms with Gasteiger partial charge in [0.1, 0.15) is 0 Å². The zero-order valence-corrected chi connectivity index (χ0v) is 15.5. The van der Waals surface area contributed by atoms with Crippen molar-refractivity contribution in [2.75, 3.05) is 10.2 Å². The molecule has 2 amide bonds. The van der Waals surface area contributed by atoms with Crippen LogP contribution in [0, 0.1) is 0 Å². The summed E-state index contributed by atoms with van der Waals surface area (Å²) in [4.78, 5) is 38.2. The molecule has 1 saturated heterocycles.